The Balaban J connectivity index is 1.16. The molecule has 0 spiro atoms. The number of hydrogen-bond donors (Lipinski definition) is 0. The molecule has 0 radical (unpaired) electrons. The molecule has 0 aromatic heterocycles. The molecule has 5 heteroatoms. The zero-order valence-corrected chi connectivity index (χ0v) is 23.9. The minimum Gasteiger partial charge on any atom is -0.212 e. The van der Waals surface area contributed by atoms with Crippen LogP contribution >= 0.6 is 0 Å². The Labute approximate surface area is 233 Å². The molecule has 0 atom stereocenters. The van der Waals surface area contributed by atoms with Crippen molar-refractivity contribution in [2.24, 2.45) is 23.7 Å². The van der Waals surface area contributed by atoms with Gasteiger partial charge in [-0.05, 0) is 124 Å². The Morgan fingerprint density at radius 2 is 1.28 bits per heavy atom. The molecule has 39 heavy (non-hydrogen) atoms. The van der Waals surface area contributed by atoms with Gasteiger partial charge in [0.15, 0.2) is 0 Å². The van der Waals surface area contributed by atoms with E-state index in [4.69, 9.17) is 0 Å². The Bertz CT molecular complexity index is 895. The van der Waals surface area contributed by atoms with E-state index in [1.165, 1.54) is 56.9 Å². The summed E-state index contributed by atoms with van der Waals surface area (Å²) in [4.78, 5) is 0. The van der Waals surface area contributed by atoms with Gasteiger partial charge in [-0.1, -0.05) is 57.6 Å². The van der Waals surface area contributed by atoms with Crippen LogP contribution in [0.5, 0.6) is 0 Å². The lowest BCUT2D eigenvalue weighted by molar-refractivity contribution is -0.0821. The van der Waals surface area contributed by atoms with Crippen molar-refractivity contribution in [3.63, 3.8) is 0 Å². The molecule has 1 aromatic carbocycles. The molecule has 0 heterocycles. The van der Waals surface area contributed by atoms with Crippen LogP contribution in [0.25, 0.3) is 0 Å². The molecule has 1 aromatic rings. The first-order chi connectivity index (χ1) is 18.7. The van der Waals surface area contributed by atoms with Gasteiger partial charge in [0.1, 0.15) is 11.6 Å². The van der Waals surface area contributed by atoms with E-state index < -0.39 is 17.9 Å². The van der Waals surface area contributed by atoms with E-state index >= 15 is 4.39 Å². The monoisotopic (exact) mass is 552 g/mol. The zero-order chi connectivity index (χ0) is 27.8. The van der Waals surface area contributed by atoms with Crippen LogP contribution in [-0.2, 0) is 0 Å². The van der Waals surface area contributed by atoms with E-state index in [-0.39, 0.29) is 11.9 Å². The highest BCUT2D eigenvalue weighted by atomic mass is 19.4. The van der Waals surface area contributed by atoms with E-state index in [2.05, 4.69) is 19.1 Å². The van der Waals surface area contributed by atoms with Gasteiger partial charge in [0, 0.05) is 5.92 Å². The molecular weight excluding hydrogens is 503 g/mol. The fraction of sp³-hybridized carbons (Fsp3) is 0.765. The first kappa shape index (κ1) is 30.6. The van der Waals surface area contributed by atoms with Gasteiger partial charge in [0.05, 0.1) is 6.08 Å². The quantitative estimate of drug-likeness (QED) is 0.200. The Hall–Kier alpha value is -1.39. The summed E-state index contributed by atoms with van der Waals surface area (Å²) in [6, 6.07) is 6.12. The molecule has 0 amide bonds. The zero-order valence-electron chi connectivity index (χ0n) is 23.9. The van der Waals surface area contributed by atoms with Gasteiger partial charge in [-0.25, -0.2) is 8.78 Å². The van der Waals surface area contributed by atoms with Gasteiger partial charge in [-0.3, -0.25) is 0 Å². The summed E-state index contributed by atoms with van der Waals surface area (Å²) in [5, 5.41) is 0. The second kappa shape index (κ2) is 14.5. The van der Waals surface area contributed by atoms with E-state index in [9.17, 15) is 17.6 Å². The van der Waals surface area contributed by atoms with Crippen LogP contribution in [0.4, 0.5) is 22.0 Å². The summed E-state index contributed by atoms with van der Waals surface area (Å²) in [6.45, 7) is 2.26. The number of rotatable bonds is 10. The molecule has 4 rings (SSSR count). The van der Waals surface area contributed by atoms with Crippen molar-refractivity contribution in [2.45, 2.75) is 141 Å². The number of unbranched alkanes of at least 4 members (excludes halogenated alkanes) is 2. The molecule has 0 N–H and O–H groups in total. The summed E-state index contributed by atoms with van der Waals surface area (Å²) in [5.41, 5.74) is 2.10. The third-order valence-corrected chi connectivity index (χ3v) is 10.4. The second-order valence-corrected chi connectivity index (χ2v) is 13.1. The predicted molar refractivity (Wildman–Crippen MR) is 150 cm³/mol. The van der Waals surface area contributed by atoms with Crippen molar-refractivity contribution < 1.29 is 22.0 Å². The normalized spacial score (nSPS) is 30.9. The first-order valence-electron chi connectivity index (χ1n) is 16.0. The Morgan fingerprint density at radius 3 is 1.82 bits per heavy atom. The molecule has 0 aliphatic heterocycles. The van der Waals surface area contributed by atoms with E-state index in [1.54, 1.807) is 0 Å². The highest BCUT2D eigenvalue weighted by molar-refractivity contribution is 5.30. The number of alkyl halides is 3. The van der Waals surface area contributed by atoms with Crippen LogP contribution < -0.4 is 0 Å². The van der Waals surface area contributed by atoms with Crippen LogP contribution in [0, 0.1) is 29.5 Å². The van der Waals surface area contributed by atoms with Crippen molar-refractivity contribution in [3.05, 3.63) is 47.0 Å². The topological polar surface area (TPSA) is 0 Å². The van der Waals surface area contributed by atoms with Crippen molar-refractivity contribution in [3.8, 4) is 0 Å². The van der Waals surface area contributed by atoms with Crippen molar-refractivity contribution in [2.75, 3.05) is 0 Å². The smallest absolute Gasteiger partial charge is 0.212 e. The summed E-state index contributed by atoms with van der Waals surface area (Å²) < 4.78 is 66.4. The van der Waals surface area contributed by atoms with E-state index in [0.717, 1.165) is 62.8 Å². The average molecular weight is 553 g/mol. The largest absolute Gasteiger partial charge is 0.412 e. The summed E-state index contributed by atoms with van der Waals surface area (Å²) in [5.74, 6) is 1.26. The number of benzene rings is 1. The molecule has 0 bridgehead atoms. The maximum absolute atomic E-state index is 15.2. The lowest BCUT2D eigenvalue weighted by Gasteiger charge is -2.32. The Kier molecular flexibility index (Phi) is 11.4. The number of halogens is 5. The number of hydrogen-bond acceptors (Lipinski definition) is 0. The number of allylic oxidation sites excluding steroid dienone is 2. The molecular formula is C34H49F5. The SMILES string of the molecule is CCCCCC1CCC(c2ccc(C3CCC(CCC4CCC(/C(F)=C/C(F)(F)F)CC4)CC3)c(F)c2)CC1. The van der Waals surface area contributed by atoms with Crippen molar-refractivity contribution in [1.29, 1.82) is 0 Å². The molecule has 0 saturated heterocycles. The minimum absolute atomic E-state index is 0.00964. The minimum atomic E-state index is -4.57. The van der Waals surface area contributed by atoms with E-state index in [1.807, 2.05) is 6.07 Å². The molecule has 3 aliphatic carbocycles. The molecule has 3 fully saturated rings. The van der Waals surface area contributed by atoms with Crippen LogP contribution in [0.15, 0.2) is 30.1 Å². The van der Waals surface area contributed by atoms with Gasteiger partial charge in [0.25, 0.3) is 0 Å². The fourth-order valence-electron chi connectivity index (χ4n) is 7.83. The predicted octanol–water partition coefficient (Wildman–Crippen LogP) is 12.0. The van der Waals surface area contributed by atoms with Gasteiger partial charge in [0.2, 0.25) is 0 Å². The Morgan fingerprint density at radius 1 is 0.744 bits per heavy atom. The third-order valence-electron chi connectivity index (χ3n) is 10.4. The standard InChI is InChI=1S/C34H49F5/c1-2-3-4-5-24-8-14-27(15-9-24)30-20-21-31(32(35)22-30)28-16-10-25(11-17-28)6-7-26-12-18-29(19-13-26)33(36)23-34(37,38)39/h20-29H,2-19H2,1H3/b33-23-. The van der Waals surface area contributed by atoms with Gasteiger partial charge in [-0.15, -0.1) is 0 Å². The molecule has 3 saturated carbocycles. The van der Waals surface area contributed by atoms with Crippen LogP contribution in [0.3, 0.4) is 0 Å². The third kappa shape index (κ3) is 9.32. The van der Waals surface area contributed by atoms with Crippen LogP contribution in [-0.4, -0.2) is 6.18 Å². The maximum atomic E-state index is 15.2. The van der Waals surface area contributed by atoms with Gasteiger partial charge < -0.3 is 0 Å². The molecule has 220 valence electrons. The highest BCUT2D eigenvalue weighted by Crippen LogP contribution is 2.43. The van der Waals surface area contributed by atoms with Gasteiger partial charge in [-0.2, -0.15) is 13.2 Å². The molecule has 0 nitrogen and oxygen atoms in total. The first-order valence-corrected chi connectivity index (χ1v) is 16.0. The summed E-state index contributed by atoms with van der Waals surface area (Å²) in [7, 11) is 0. The maximum Gasteiger partial charge on any atom is 0.412 e. The van der Waals surface area contributed by atoms with Crippen LogP contribution in [0.1, 0.15) is 145 Å². The summed E-state index contributed by atoms with van der Waals surface area (Å²) in [6.07, 6.45) is 14.8. The second-order valence-electron chi connectivity index (χ2n) is 13.1. The summed E-state index contributed by atoms with van der Waals surface area (Å²) >= 11 is 0. The lowest BCUT2D eigenvalue weighted by atomic mass is 9.73. The van der Waals surface area contributed by atoms with Crippen molar-refractivity contribution in [1.82, 2.24) is 0 Å². The molecule has 3 aliphatic rings. The highest BCUT2D eigenvalue weighted by Gasteiger charge is 2.31. The average Bonchev–Trinajstić information content (AvgIpc) is 2.92. The van der Waals surface area contributed by atoms with E-state index in [0.29, 0.717) is 36.5 Å². The van der Waals surface area contributed by atoms with Crippen LogP contribution in [0.2, 0.25) is 0 Å². The van der Waals surface area contributed by atoms with Crippen molar-refractivity contribution >= 4 is 0 Å². The fourth-order valence-corrected chi connectivity index (χ4v) is 7.83. The molecule has 0 unspecified atom stereocenters. The lowest BCUT2D eigenvalue weighted by Crippen LogP contribution is -2.19. The van der Waals surface area contributed by atoms with Gasteiger partial charge >= 0.3 is 6.18 Å².